The number of carbonyl (C=O) groups is 1. The lowest BCUT2D eigenvalue weighted by molar-refractivity contribution is -0.385. The van der Waals surface area contributed by atoms with Crippen LogP contribution < -0.4 is 9.64 Å². The zero-order valence-corrected chi connectivity index (χ0v) is 19.6. The van der Waals surface area contributed by atoms with Gasteiger partial charge in [-0.3, -0.25) is 19.8 Å². The number of thiazole rings is 1. The maximum Gasteiger partial charge on any atom is 0.282 e. The van der Waals surface area contributed by atoms with Crippen LogP contribution in [0.4, 0.5) is 10.8 Å². The van der Waals surface area contributed by atoms with E-state index in [-0.39, 0.29) is 28.7 Å². The lowest BCUT2D eigenvalue weighted by Gasteiger charge is -2.21. The second-order valence-electron chi connectivity index (χ2n) is 6.86. The minimum Gasteiger partial charge on any atom is -0.497 e. The summed E-state index contributed by atoms with van der Waals surface area (Å²) in [7, 11) is 5.47. The summed E-state index contributed by atoms with van der Waals surface area (Å²) in [4.78, 5) is 32.4. The lowest BCUT2D eigenvalue weighted by atomic mass is 10.1. The van der Waals surface area contributed by atoms with Gasteiger partial charge in [0.2, 0.25) is 0 Å². The lowest BCUT2D eigenvalue weighted by Crippen LogP contribution is -2.33. The molecule has 2 aromatic carbocycles. The maximum atomic E-state index is 13.4. The zero-order chi connectivity index (χ0) is 21.8. The van der Waals surface area contributed by atoms with Gasteiger partial charge in [-0.1, -0.05) is 22.9 Å². The first-order valence-corrected chi connectivity index (χ1v) is 10.3. The fourth-order valence-electron chi connectivity index (χ4n) is 2.95. The molecule has 0 unspecified atom stereocenters. The molecule has 0 saturated heterocycles. The minimum atomic E-state index is -0.579. The van der Waals surface area contributed by atoms with E-state index in [9.17, 15) is 14.9 Å². The van der Waals surface area contributed by atoms with Crippen molar-refractivity contribution in [3.05, 3.63) is 57.1 Å². The van der Waals surface area contributed by atoms with E-state index in [2.05, 4.69) is 4.98 Å². The van der Waals surface area contributed by atoms with Gasteiger partial charge >= 0.3 is 0 Å². The number of hydrogen-bond acceptors (Lipinski definition) is 7. The third kappa shape index (κ3) is 5.82. The van der Waals surface area contributed by atoms with Crippen molar-refractivity contribution < 1.29 is 14.5 Å². The van der Waals surface area contributed by atoms with Crippen molar-refractivity contribution in [1.82, 2.24) is 9.88 Å². The maximum absolute atomic E-state index is 13.4. The van der Waals surface area contributed by atoms with E-state index in [0.29, 0.717) is 23.8 Å². The molecule has 11 heteroatoms. The van der Waals surface area contributed by atoms with Crippen LogP contribution >= 0.6 is 35.3 Å². The van der Waals surface area contributed by atoms with Gasteiger partial charge in [0.05, 0.1) is 22.2 Å². The number of ether oxygens (including phenoxy) is 1. The molecule has 0 aliphatic heterocycles. The summed E-state index contributed by atoms with van der Waals surface area (Å²) in [5.41, 5.74) is 0.376. The predicted octanol–water partition coefficient (Wildman–Crippen LogP) is 4.89. The van der Waals surface area contributed by atoms with Crippen LogP contribution in [0, 0.1) is 10.1 Å². The van der Waals surface area contributed by atoms with Crippen LogP contribution in [0.1, 0.15) is 16.8 Å². The topological polar surface area (TPSA) is 88.8 Å². The van der Waals surface area contributed by atoms with Gasteiger partial charge in [-0.25, -0.2) is 4.98 Å². The van der Waals surface area contributed by atoms with E-state index in [1.807, 2.05) is 31.1 Å². The number of nitro benzene ring substituents is 1. The van der Waals surface area contributed by atoms with Crippen molar-refractivity contribution in [3.63, 3.8) is 0 Å². The van der Waals surface area contributed by atoms with Crippen molar-refractivity contribution in [1.29, 1.82) is 0 Å². The van der Waals surface area contributed by atoms with Crippen LogP contribution in [0.25, 0.3) is 10.2 Å². The van der Waals surface area contributed by atoms with Crippen LogP contribution in [0.2, 0.25) is 5.02 Å². The molecule has 0 fully saturated rings. The number of amides is 1. The number of carbonyl (C=O) groups excluding carboxylic acids is 1. The SMILES string of the molecule is COc1ccc2nc(N(CCCN(C)C)C(=O)c3cc(Cl)ccc3[N+](=O)[O-])sc2c1.Cl. The Balaban J connectivity index is 0.00000341. The standard InChI is InChI=1S/C20H21ClN4O4S.ClH/c1-23(2)9-4-10-24(19(26)15-11-13(21)5-8-17(15)25(27)28)20-22-16-7-6-14(29-3)12-18(16)30-20;/h5-8,11-12H,4,9-10H2,1-3H3;1H. The molecule has 3 rings (SSSR count). The quantitative estimate of drug-likeness (QED) is 0.334. The summed E-state index contributed by atoms with van der Waals surface area (Å²) >= 11 is 7.37. The molecule has 31 heavy (non-hydrogen) atoms. The third-order valence-electron chi connectivity index (χ3n) is 4.43. The van der Waals surface area contributed by atoms with E-state index in [4.69, 9.17) is 16.3 Å². The van der Waals surface area contributed by atoms with Crippen molar-refractivity contribution >= 4 is 62.3 Å². The van der Waals surface area contributed by atoms with Gasteiger partial charge in [0, 0.05) is 17.6 Å². The van der Waals surface area contributed by atoms with Crippen LogP contribution in [0.3, 0.4) is 0 Å². The molecule has 1 aromatic heterocycles. The van der Waals surface area contributed by atoms with E-state index in [0.717, 1.165) is 16.8 Å². The van der Waals surface area contributed by atoms with E-state index < -0.39 is 10.8 Å². The number of fused-ring (bicyclic) bond motifs is 1. The third-order valence-corrected chi connectivity index (χ3v) is 5.71. The molecule has 1 heterocycles. The molecule has 3 aromatic rings. The molecule has 0 spiro atoms. The van der Waals surface area contributed by atoms with Crippen molar-refractivity contribution in [3.8, 4) is 5.75 Å². The summed E-state index contributed by atoms with van der Waals surface area (Å²) in [5, 5.41) is 12.2. The molecule has 0 saturated carbocycles. The van der Waals surface area contributed by atoms with E-state index in [1.54, 1.807) is 13.2 Å². The number of nitro groups is 1. The van der Waals surface area contributed by atoms with Gasteiger partial charge in [-0.2, -0.15) is 0 Å². The Kier molecular flexibility index (Phi) is 8.58. The first kappa shape index (κ1) is 24.8. The second kappa shape index (κ2) is 10.7. The number of rotatable bonds is 8. The van der Waals surface area contributed by atoms with Gasteiger partial charge in [0.15, 0.2) is 5.13 Å². The highest BCUT2D eigenvalue weighted by Gasteiger charge is 2.28. The summed E-state index contributed by atoms with van der Waals surface area (Å²) in [6, 6.07) is 9.44. The summed E-state index contributed by atoms with van der Waals surface area (Å²) in [5.74, 6) is 0.183. The van der Waals surface area contributed by atoms with Crippen molar-refractivity contribution in [2.75, 3.05) is 39.2 Å². The number of nitrogens with zero attached hydrogens (tertiary/aromatic N) is 4. The average molecular weight is 485 g/mol. The van der Waals surface area contributed by atoms with Gasteiger partial charge in [-0.15, -0.1) is 12.4 Å². The van der Waals surface area contributed by atoms with Gasteiger partial charge in [0.1, 0.15) is 11.3 Å². The Morgan fingerprint density at radius 3 is 2.61 bits per heavy atom. The van der Waals surface area contributed by atoms with Crippen LogP contribution in [0.15, 0.2) is 36.4 Å². The molecule has 0 radical (unpaired) electrons. The number of anilines is 1. The zero-order valence-electron chi connectivity index (χ0n) is 17.2. The molecular weight excluding hydrogens is 463 g/mol. The number of halogens is 2. The Labute approximate surface area is 194 Å². The molecule has 1 amide bonds. The average Bonchev–Trinajstić information content (AvgIpc) is 3.12. The number of benzene rings is 2. The molecule has 8 nitrogen and oxygen atoms in total. The first-order chi connectivity index (χ1) is 14.3. The van der Waals surface area contributed by atoms with Crippen LogP contribution in [-0.2, 0) is 0 Å². The molecule has 0 aliphatic carbocycles. The molecule has 0 bridgehead atoms. The fraction of sp³-hybridized carbons (Fsp3) is 0.300. The molecular formula is C20H22Cl2N4O4S. The van der Waals surface area contributed by atoms with Gasteiger partial charge < -0.3 is 9.64 Å². The molecule has 0 N–H and O–H groups in total. The first-order valence-electron chi connectivity index (χ1n) is 9.15. The summed E-state index contributed by atoms with van der Waals surface area (Å²) in [6.07, 6.45) is 0.673. The highest BCUT2D eigenvalue weighted by Crippen LogP contribution is 2.33. The largest absolute Gasteiger partial charge is 0.497 e. The Hall–Kier alpha value is -2.46. The van der Waals surface area contributed by atoms with Crippen molar-refractivity contribution in [2.45, 2.75) is 6.42 Å². The van der Waals surface area contributed by atoms with Crippen LogP contribution in [0.5, 0.6) is 5.75 Å². The van der Waals surface area contributed by atoms with Crippen molar-refractivity contribution in [2.24, 2.45) is 0 Å². The van der Waals surface area contributed by atoms with Gasteiger partial charge in [0.25, 0.3) is 11.6 Å². The molecule has 0 aliphatic rings. The summed E-state index contributed by atoms with van der Waals surface area (Å²) in [6.45, 7) is 1.11. The highest BCUT2D eigenvalue weighted by atomic mass is 35.5. The summed E-state index contributed by atoms with van der Waals surface area (Å²) < 4.78 is 6.12. The fourth-order valence-corrected chi connectivity index (χ4v) is 4.14. The van der Waals surface area contributed by atoms with E-state index in [1.165, 1.54) is 34.4 Å². The second-order valence-corrected chi connectivity index (χ2v) is 8.31. The molecule has 0 atom stereocenters. The van der Waals surface area contributed by atoms with Gasteiger partial charge in [-0.05, 0) is 57.4 Å². The predicted molar refractivity (Wildman–Crippen MR) is 126 cm³/mol. The Morgan fingerprint density at radius 2 is 1.97 bits per heavy atom. The number of aromatic nitrogens is 1. The molecule has 166 valence electrons. The van der Waals surface area contributed by atoms with E-state index >= 15 is 0 Å². The Bertz CT molecular complexity index is 1090. The highest BCUT2D eigenvalue weighted by molar-refractivity contribution is 7.22. The normalized spacial score (nSPS) is 10.7. The Morgan fingerprint density at radius 1 is 1.23 bits per heavy atom. The number of methoxy groups -OCH3 is 1. The monoisotopic (exact) mass is 484 g/mol. The number of hydrogen-bond donors (Lipinski definition) is 0. The van der Waals surface area contributed by atoms with Crippen LogP contribution in [-0.4, -0.2) is 55.0 Å². The smallest absolute Gasteiger partial charge is 0.282 e. The minimum absolute atomic E-state index is 0.